The number of hydrogen-bond donors (Lipinski definition) is 1. The molecule has 1 aliphatic heterocycles. The molecule has 1 aromatic heterocycles. The van der Waals surface area contributed by atoms with Crippen molar-refractivity contribution in [2.75, 3.05) is 19.7 Å². The van der Waals surface area contributed by atoms with E-state index in [-0.39, 0.29) is 17.9 Å². The van der Waals surface area contributed by atoms with Gasteiger partial charge in [0.15, 0.2) is 0 Å². The molecule has 0 amide bonds. The van der Waals surface area contributed by atoms with Crippen LogP contribution in [0.15, 0.2) is 12.4 Å². The number of imidazole rings is 1. The molecule has 1 aliphatic rings. The van der Waals surface area contributed by atoms with Gasteiger partial charge in [0.05, 0.1) is 6.61 Å². The van der Waals surface area contributed by atoms with Crippen molar-refractivity contribution in [1.82, 2.24) is 14.5 Å². The van der Waals surface area contributed by atoms with Gasteiger partial charge in [-0.25, -0.2) is 4.98 Å². The number of likely N-dealkylation sites (tertiary alicyclic amines) is 1. The second-order valence-corrected chi connectivity index (χ2v) is 6.06. The van der Waals surface area contributed by atoms with Crippen molar-refractivity contribution in [2.24, 2.45) is 13.0 Å². The number of aliphatic hydroxyl groups excluding tert-OH is 1. The molecule has 0 saturated carbocycles. The monoisotopic (exact) mass is 309 g/mol. The molecule has 6 heteroatoms. The van der Waals surface area contributed by atoms with E-state index in [1.165, 1.54) is 0 Å². The summed E-state index contributed by atoms with van der Waals surface area (Å²) in [4.78, 5) is 18.3. The molecule has 1 saturated heterocycles. The van der Waals surface area contributed by atoms with E-state index >= 15 is 0 Å². The van der Waals surface area contributed by atoms with E-state index < -0.39 is 6.10 Å². The summed E-state index contributed by atoms with van der Waals surface area (Å²) in [7, 11) is 1.90. The molecular weight excluding hydrogens is 282 g/mol. The van der Waals surface area contributed by atoms with Gasteiger partial charge in [-0.05, 0) is 45.2 Å². The second-order valence-electron chi connectivity index (χ2n) is 6.06. The Labute approximate surface area is 132 Å². The van der Waals surface area contributed by atoms with Gasteiger partial charge in [0.1, 0.15) is 18.0 Å². The lowest BCUT2D eigenvalue weighted by atomic mass is 9.90. The zero-order valence-corrected chi connectivity index (χ0v) is 13.7. The van der Waals surface area contributed by atoms with Gasteiger partial charge < -0.3 is 14.4 Å². The lowest BCUT2D eigenvalue weighted by Crippen LogP contribution is -2.45. The van der Waals surface area contributed by atoms with Crippen LogP contribution in [0.3, 0.4) is 0 Å². The standard InChI is InChI=1S/C16H27N3O3/c1-4-11-22-16(21)12(2)19-8-5-13(6-9-19)14(20)15-17-7-10-18(15)3/h7,10,12-14,20H,4-6,8-9,11H2,1-3H3. The molecule has 22 heavy (non-hydrogen) atoms. The van der Waals surface area contributed by atoms with Gasteiger partial charge in [-0.1, -0.05) is 6.92 Å². The highest BCUT2D eigenvalue weighted by atomic mass is 16.5. The Morgan fingerprint density at radius 1 is 1.50 bits per heavy atom. The summed E-state index contributed by atoms with van der Waals surface area (Å²) in [5.74, 6) is 0.759. The van der Waals surface area contributed by atoms with Crippen LogP contribution < -0.4 is 0 Å². The van der Waals surface area contributed by atoms with Gasteiger partial charge in [0, 0.05) is 19.4 Å². The maximum Gasteiger partial charge on any atom is 0.323 e. The zero-order chi connectivity index (χ0) is 16.1. The Hall–Kier alpha value is -1.40. The van der Waals surface area contributed by atoms with Crippen LogP contribution in [0.2, 0.25) is 0 Å². The van der Waals surface area contributed by atoms with Gasteiger partial charge in [-0.2, -0.15) is 0 Å². The molecule has 1 fully saturated rings. The van der Waals surface area contributed by atoms with Crippen LogP contribution in [0.5, 0.6) is 0 Å². The largest absolute Gasteiger partial charge is 0.465 e. The Morgan fingerprint density at radius 2 is 2.18 bits per heavy atom. The number of carbonyl (C=O) groups is 1. The predicted molar refractivity (Wildman–Crippen MR) is 83.2 cm³/mol. The molecule has 0 aliphatic carbocycles. The average Bonchev–Trinajstić information content (AvgIpc) is 2.97. The summed E-state index contributed by atoms with van der Waals surface area (Å²) < 4.78 is 7.07. The molecule has 6 nitrogen and oxygen atoms in total. The van der Waals surface area contributed by atoms with Crippen LogP contribution in [0.4, 0.5) is 0 Å². The normalized spacial score (nSPS) is 19.8. The number of esters is 1. The third kappa shape index (κ3) is 3.87. The van der Waals surface area contributed by atoms with Gasteiger partial charge >= 0.3 is 5.97 Å². The van der Waals surface area contributed by atoms with Crippen molar-refractivity contribution in [3.63, 3.8) is 0 Å². The fourth-order valence-electron chi connectivity index (χ4n) is 2.97. The zero-order valence-electron chi connectivity index (χ0n) is 13.7. The van der Waals surface area contributed by atoms with Gasteiger partial charge in [0.2, 0.25) is 0 Å². The summed E-state index contributed by atoms with van der Waals surface area (Å²) >= 11 is 0. The Morgan fingerprint density at radius 3 is 2.73 bits per heavy atom. The van der Waals surface area contributed by atoms with E-state index in [0.717, 1.165) is 32.4 Å². The second kappa shape index (κ2) is 7.74. The fourth-order valence-corrected chi connectivity index (χ4v) is 2.97. The van der Waals surface area contributed by atoms with Gasteiger partial charge in [-0.3, -0.25) is 9.69 Å². The molecule has 2 heterocycles. The molecule has 0 spiro atoms. The number of aliphatic hydroxyl groups is 1. The molecule has 1 N–H and O–H groups in total. The number of piperidine rings is 1. The van der Waals surface area contributed by atoms with E-state index in [9.17, 15) is 9.90 Å². The highest BCUT2D eigenvalue weighted by Crippen LogP contribution is 2.30. The van der Waals surface area contributed by atoms with Crippen molar-refractivity contribution in [3.05, 3.63) is 18.2 Å². The maximum atomic E-state index is 11.9. The minimum atomic E-state index is -0.538. The highest BCUT2D eigenvalue weighted by molar-refractivity contribution is 5.75. The van der Waals surface area contributed by atoms with Gasteiger partial charge in [0.25, 0.3) is 0 Å². The summed E-state index contributed by atoms with van der Waals surface area (Å²) in [5.41, 5.74) is 0. The summed E-state index contributed by atoms with van der Waals surface area (Å²) in [6.45, 7) is 5.97. The lowest BCUT2D eigenvalue weighted by Gasteiger charge is -2.36. The number of aryl methyl sites for hydroxylation is 1. The molecule has 2 atom stereocenters. The smallest absolute Gasteiger partial charge is 0.323 e. The first-order valence-corrected chi connectivity index (χ1v) is 8.10. The number of rotatable bonds is 6. The van der Waals surface area contributed by atoms with Crippen LogP contribution in [0, 0.1) is 5.92 Å². The van der Waals surface area contributed by atoms with Crippen molar-refractivity contribution in [2.45, 2.75) is 45.3 Å². The molecule has 1 aromatic rings. The Bertz CT molecular complexity index is 481. The van der Waals surface area contributed by atoms with Crippen LogP contribution >= 0.6 is 0 Å². The topological polar surface area (TPSA) is 67.6 Å². The molecule has 124 valence electrons. The fraction of sp³-hybridized carbons (Fsp3) is 0.750. The highest BCUT2D eigenvalue weighted by Gasteiger charge is 2.32. The number of carbonyl (C=O) groups excluding carboxylic acids is 1. The number of aromatic nitrogens is 2. The quantitative estimate of drug-likeness (QED) is 0.807. The van der Waals surface area contributed by atoms with E-state index in [2.05, 4.69) is 9.88 Å². The Balaban J connectivity index is 1.85. The van der Waals surface area contributed by atoms with Crippen LogP contribution in [0.1, 0.15) is 45.0 Å². The van der Waals surface area contributed by atoms with Crippen LogP contribution in [-0.4, -0.2) is 51.3 Å². The molecule has 0 radical (unpaired) electrons. The van der Waals surface area contributed by atoms with Crippen molar-refractivity contribution in [1.29, 1.82) is 0 Å². The summed E-state index contributed by atoms with van der Waals surface area (Å²) in [6.07, 6.45) is 5.58. The minimum Gasteiger partial charge on any atom is -0.465 e. The predicted octanol–water partition coefficient (Wildman–Crippen LogP) is 1.51. The first-order chi connectivity index (χ1) is 10.5. The summed E-state index contributed by atoms with van der Waals surface area (Å²) in [6, 6.07) is -0.210. The minimum absolute atomic E-state index is 0.148. The van der Waals surface area contributed by atoms with Crippen LogP contribution in [-0.2, 0) is 16.6 Å². The van der Waals surface area contributed by atoms with Gasteiger partial charge in [-0.15, -0.1) is 0 Å². The average molecular weight is 309 g/mol. The third-order valence-corrected chi connectivity index (χ3v) is 4.48. The molecule has 0 bridgehead atoms. The van der Waals surface area contributed by atoms with E-state index in [0.29, 0.717) is 12.4 Å². The van der Waals surface area contributed by atoms with E-state index in [4.69, 9.17) is 4.74 Å². The first kappa shape index (κ1) is 17.0. The number of hydrogen-bond acceptors (Lipinski definition) is 5. The first-order valence-electron chi connectivity index (χ1n) is 8.10. The lowest BCUT2D eigenvalue weighted by molar-refractivity contribution is -0.150. The summed E-state index contributed by atoms with van der Waals surface area (Å²) in [5, 5.41) is 10.5. The number of nitrogens with zero attached hydrogens (tertiary/aromatic N) is 3. The van der Waals surface area contributed by atoms with Crippen LogP contribution in [0.25, 0.3) is 0 Å². The number of ether oxygens (including phenoxy) is 1. The molecule has 0 aromatic carbocycles. The third-order valence-electron chi connectivity index (χ3n) is 4.48. The van der Waals surface area contributed by atoms with Crippen molar-refractivity contribution < 1.29 is 14.6 Å². The molecular formula is C16H27N3O3. The van der Waals surface area contributed by atoms with E-state index in [1.54, 1.807) is 6.20 Å². The Kier molecular flexibility index (Phi) is 5.97. The molecule has 2 unspecified atom stereocenters. The van der Waals surface area contributed by atoms with Crippen molar-refractivity contribution >= 4 is 5.97 Å². The molecule has 2 rings (SSSR count). The SMILES string of the molecule is CCCOC(=O)C(C)N1CCC(C(O)c2nccn2C)CC1. The maximum absolute atomic E-state index is 11.9. The van der Waals surface area contributed by atoms with Crippen molar-refractivity contribution in [3.8, 4) is 0 Å². The van der Waals surface area contributed by atoms with E-state index in [1.807, 2.05) is 31.7 Å².